The van der Waals surface area contributed by atoms with Crippen LogP contribution in [0.4, 0.5) is 0 Å². The second-order valence-electron chi connectivity index (χ2n) is 3.10. The van der Waals surface area contributed by atoms with E-state index in [1.165, 1.54) is 6.08 Å². The topological polar surface area (TPSA) is 107 Å². The smallest absolute Gasteiger partial charge is 0.275 e. The van der Waals surface area contributed by atoms with Gasteiger partial charge in [-0.15, -0.1) is 0 Å². The molecule has 1 aliphatic carbocycles. The second kappa shape index (κ2) is 4.65. The van der Waals surface area contributed by atoms with Crippen LogP contribution in [0.5, 0.6) is 0 Å². The van der Waals surface area contributed by atoms with Gasteiger partial charge in [-0.05, 0) is 0 Å². The molecule has 0 spiro atoms. The monoisotopic (exact) mass is 214 g/mol. The predicted octanol–water partition coefficient (Wildman–Crippen LogP) is 0.505. The van der Waals surface area contributed by atoms with Crippen molar-refractivity contribution in [3.8, 4) is 0 Å². The molecule has 0 radical (unpaired) electrons. The Kier molecular flexibility index (Phi) is 3.51. The fourth-order valence-electron chi connectivity index (χ4n) is 1.40. The number of allylic oxidation sites excluding steroid dienone is 1. The van der Waals surface area contributed by atoms with Crippen molar-refractivity contribution in [2.75, 3.05) is 6.61 Å². The van der Waals surface area contributed by atoms with Crippen molar-refractivity contribution in [2.45, 2.75) is 18.9 Å². The average molecular weight is 214 g/mol. The van der Waals surface area contributed by atoms with Crippen molar-refractivity contribution in [3.63, 3.8) is 0 Å². The number of hydrogen-bond acceptors (Lipinski definition) is 5. The molecule has 0 aromatic carbocycles. The van der Waals surface area contributed by atoms with Gasteiger partial charge in [0.15, 0.2) is 0 Å². The van der Waals surface area contributed by atoms with Gasteiger partial charge in [-0.3, -0.25) is 20.2 Å². The Balaban J connectivity index is 2.92. The van der Waals surface area contributed by atoms with Gasteiger partial charge in [0.1, 0.15) is 0 Å². The molecule has 82 valence electrons. The lowest BCUT2D eigenvalue weighted by Crippen LogP contribution is -2.22. The Bertz CT molecular complexity index is 347. The van der Waals surface area contributed by atoms with Crippen LogP contribution in [-0.2, 0) is 0 Å². The van der Waals surface area contributed by atoms with Crippen LogP contribution in [0.15, 0.2) is 23.4 Å². The maximum Gasteiger partial charge on any atom is 0.275 e. The molecule has 0 saturated carbocycles. The molecule has 1 unspecified atom stereocenters. The van der Waals surface area contributed by atoms with Crippen molar-refractivity contribution in [1.82, 2.24) is 0 Å². The van der Waals surface area contributed by atoms with Gasteiger partial charge in [0.05, 0.1) is 11.0 Å². The first-order valence-electron chi connectivity index (χ1n) is 4.36. The van der Waals surface area contributed by atoms with Crippen LogP contribution in [0, 0.1) is 20.2 Å². The minimum absolute atomic E-state index is 0.139. The zero-order valence-corrected chi connectivity index (χ0v) is 7.83. The first-order valence-corrected chi connectivity index (χ1v) is 4.36. The number of nitro groups is 2. The lowest BCUT2D eigenvalue weighted by molar-refractivity contribution is -0.511. The van der Waals surface area contributed by atoms with E-state index in [0.29, 0.717) is 5.57 Å². The molecule has 0 bridgehead atoms. The molecule has 0 heterocycles. The minimum atomic E-state index is -1.03. The first kappa shape index (κ1) is 11.3. The number of hydrogen-bond donors (Lipinski definition) is 1. The zero-order chi connectivity index (χ0) is 11.4. The van der Waals surface area contributed by atoms with Crippen LogP contribution in [0.25, 0.3) is 0 Å². The lowest BCUT2D eigenvalue weighted by atomic mass is 9.98. The van der Waals surface area contributed by atoms with Crippen molar-refractivity contribution in [1.29, 1.82) is 0 Å². The highest BCUT2D eigenvalue weighted by molar-refractivity contribution is 5.30. The van der Waals surface area contributed by atoms with E-state index in [1.807, 2.05) is 0 Å². The van der Waals surface area contributed by atoms with Gasteiger partial charge in [-0.1, -0.05) is 6.08 Å². The van der Waals surface area contributed by atoms with Crippen LogP contribution in [0.1, 0.15) is 12.8 Å². The van der Waals surface area contributed by atoms with E-state index in [4.69, 9.17) is 5.11 Å². The number of aliphatic hydroxyl groups excluding tert-OH is 1. The highest BCUT2D eigenvalue weighted by Gasteiger charge is 2.29. The summed E-state index contributed by atoms with van der Waals surface area (Å²) >= 11 is 0. The van der Waals surface area contributed by atoms with Gasteiger partial charge in [0.25, 0.3) is 5.70 Å². The van der Waals surface area contributed by atoms with Crippen molar-refractivity contribution < 1.29 is 15.0 Å². The van der Waals surface area contributed by atoms with Gasteiger partial charge in [0.2, 0.25) is 6.04 Å². The molecule has 1 N–H and O–H groups in total. The zero-order valence-electron chi connectivity index (χ0n) is 7.83. The third kappa shape index (κ3) is 2.59. The SMILES string of the molecule is O=[N+]([O-])C1=CC([N+](=O)[O-])CC=C1CCO. The van der Waals surface area contributed by atoms with Crippen molar-refractivity contribution >= 4 is 0 Å². The van der Waals surface area contributed by atoms with E-state index < -0.39 is 15.9 Å². The van der Waals surface area contributed by atoms with Gasteiger partial charge in [0, 0.05) is 29.9 Å². The van der Waals surface area contributed by atoms with E-state index in [-0.39, 0.29) is 25.1 Å². The summed E-state index contributed by atoms with van der Waals surface area (Å²) < 4.78 is 0. The Hall–Kier alpha value is -1.76. The highest BCUT2D eigenvalue weighted by atomic mass is 16.6. The van der Waals surface area contributed by atoms with E-state index in [1.54, 1.807) is 0 Å². The fraction of sp³-hybridized carbons (Fsp3) is 0.500. The van der Waals surface area contributed by atoms with E-state index in [0.717, 1.165) is 6.08 Å². The van der Waals surface area contributed by atoms with Crippen LogP contribution in [-0.4, -0.2) is 27.6 Å². The normalized spacial score (nSPS) is 20.5. The third-order valence-corrected chi connectivity index (χ3v) is 2.13. The van der Waals surface area contributed by atoms with Gasteiger partial charge < -0.3 is 5.11 Å². The van der Waals surface area contributed by atoms with E-state index >= 15 is 0 Å². The summed E-state index contributed by atoms with van der Waals surface area (Å²) in [5.74, 6) is 0. The van der Waals surface area contributed by atoms with E-state index in [9.17, 15) is 20.2 Å². The third-order valence-electron chi connectivity index (χ3n) is 2.13. The molecule has 15 heavy (non-hydrogen) atoms. The van der Waals surface area contributed by atoms with Crippen LogP contribution < -0.4 is 0 Å². The standard InChI is InChI=1S/C8H10N2O5/c11-4-3-6-1-2-7(9(12)13)5-8(6)10(14)15/h1,5,7,11H,2-4H2. The second-order valence-corrected chi connectivity index (χ2v) is 3.10. The molecule has 7 heteroatoms. The minimum Gasteiger partial charge on any atom is -0.396 e. The van der Waals surface area contributed by atoms with Crippen LogP contribution in [0.2, 0.25) is 0 Å². The first-order chi connectivity index (χ1) is 7.06. The number of aliphatic hydroxyl groups is 1. The molecule has 0 amide bonds. The van der Waals surface area contributed by atoms with Crippen molar-refractivity contribution in [2.24, 2.45) is 0 Å². The maximum atomic E-state index is 10.6. The summed E-state index contributed by atoms with van der Waals surface area (Å²) in [5, 5.41) is 29.7. The molecule has 7 nitrogen and oxygen atoms in total. The summed E-state index contributed by atoms with van der Waals surface area (Å²) in [6.45, 7) is -0.208. The average Bonchev–Trinajstić information content (AvgIpc) is 2.18. The molecule has 0 saturated heterocycles. The Morgan fingerprint density at radius 1 is 1.47 bits per heavy atom. The molecule has 1 rings (SSSR count). The predicted molar refractivity (Wildman–Crippen MR) is 50.3 cm³/mol. The molecular formula is C8H10N2O5. The molecule has 0 aromatic heterocycles. The molecular weight excluding hydrogens is 204 g/mol. The van der Waals surface area contributed by atoms with Crippen molar-refractivity contribution in [3.05, 3.63) is 43.7 Å². The summed E-state index contributed by atoms with van der Waals surface area (Å²) in [6.07, 6.45) is 2.77. The maximum absolute atomic E-state index is 10.6. The summed E-state index contributed by atoms with van der Waals surface area (Å²) in [5.41, 5.74) is 0.0950. The van der Waals surface area contributed by atoms with Gasteiger partial charge >= 0.3 is 0 Å². The van der Waals surface area contributed by atoms with Crippen LogP contribution in [0.3, 0.4) is 0 Å². The summed E-state index contributed by atoms with van der Waals surface area (Å²) in [4.78, 5) is 19.8. The molecule has 0 fully saturated rings. The highest BCUT2D eigenvalue weighted by Crippen LogP contribution is 2.23. The summed E-state index contributed by atoms with van der Waals surface area (Å²) in [7, 11) is 0. The number of rotatable bonds is 4. The van der Waals surface area contributed by atoms with Gasteiger partial charge in [-0.2, -0.15) is 0 Å². The Morgan fingerprint density at radius 3 is 2.60 bits per heavy atom. The lowest BCUT2D eigenvalue weighted by Gasteiger charge is -2.10. The number of nitrogens with zero attached hydrogens (tertiary/aromatic N) is 2. The molecule has 0 aromatic rings. The Labute approximate surface area is 85.0 Å². The molecule has 1 aliphatic rings. The molecule has 0 aliphatic heterocycles. The van der Waals surface area contributed by atoms with Gasteiger partial charge in [-0.25, -0.2) is 0 Å². The van der Waals surface area contributed by atoms with E-state index in [2.05, 4.69) is 0 Å². The van der Waals surface area contributed by atoms with Crippen LogP contribution >= 0.6 is 0 Å². The molecule has 1 atom stereocenters. The Morgan fingerprint density at radius 2 is 2.13 bits per heavy atom. The fourth-order valence-corrected chi connectivity index (χ4v) is 1.40. The largest absolute Gasteiger partial charge is 0.396 e. The summed E-state index contributed by atoms with van der Waals surface area (Å²) in [6, 6.07) is -1.03. The quantitative estimate of drug-likeness (QED) is 0.541.